The van der Waals surface area contributed by atoms with E-state index in [-0.39, 0.29) is 12.5 Å². The molecular weight excluding hydrogens is 388 g/mol. The van der Waals surface area contributed by atoms with E-state index >= 15 is 0 Å². The van der Waals surface area contributed by atoms with Crippen LogP contribution in [0.2, 0.25) is 5.02 Å². The number of anilines is 1. The van der Waals surface area contributed by atoms with Gasteiger partial charge in [0.05, 0.1) is 6.21 Å². The number of oxime groups is 1. The second-order valence-corrected chi connectivity index (χ2v) is 6.78. The minimum atomic E-state index is -0.269. The number of nitrogens with zero attached hydrogens (tertiary/aromatic N) is 1. The minimum Gasteiger partial charge on any atom is -0.489 e. The van der Waals surface area contributed by atoms with Gasteiger partial charge in [-0.1, -0.05) is 52.7 Å². The summed E-state index contributed by atoms with van der Waals surface area (Å²) in [6.07, 6.45) is 1.54. The van der Waals surface area contributed by atoms with E-state index in [0.29, 0.717) is 11.6 Å². The molecule has 0 saturated carbocycles. The molecule has 0 spiro atoms. The summed E-state index contributed by atoms with van der Waals surface area (Å²) in [5.74, 6) is 0.454. The number of ether oxygens (including phenoxy) is 1. The molecule has 6 heteroatoms. The van der Waals surface area contributed by atoms with Gasteiger partial charge in [0.25, 0.3) is 5.91 Å². The van der Waals surface area contributed by atoms with Gasteiger partial charge >= 0.3 is 0 Å². The first-order valence-electron chi connectivity index (χ1n) is 9.08. The van der Waals surface area contributed by atoms with E-state index in [0.717, 1.165) is 28.1 Å². The SMILES string of the molecule is Cc1ccc(NC(=O)CO/N=C/c2ccc(OCc3ccccc3Cl)cc2)cc1. The van der Waals surface area contributed by atoms with Crippen LogP contribution < -0.4 is 10.1 Å². The molecule has 0 bridgehead atoms. The number of hydrogen-bond acceptors (Lipinski definition) is 4. The van der Waals surface area contributed by atoms with Crippen molar-refractivity contribution in [2.75, 3.05) is 11.9 Å². The Balaban J connectivity index is 1.42. The number of rotatable bonds is 8. The van der Waals surface area contributed by atoms with E-state index in [2.05, 4.69) is 10.5 Å². The molecular formula is C23H21ClN2O3. The van der Waals surface area contributed by atoms with Gasteiger partial charge in [-0.15, -0.1) is 0 Å². The summed E-state index contributed by atoms with van der Waals surface area (Å²) in [6, 6.07) is 22.5. The molecule has 0 atom stereocenters. The molecule has 1 amide bonds. The van der Waals surface area contributed by atoms with Crippen molar-refractivity contribution in [3.63, 3.8) is 0 Å². The number of halogens is 1. The third-order valence-electron chi connectivity index (χ3n) is 4.04. The maximum atomic E-state index is 11.8. The molecule has 0 saturated heterocycles. The van der Waals surface area contributed by atoms with Crippen LogP contribution in [-0.2, 0) is 16.2 Å². The van der Waals surface area contributed by atoms with E-state index in [1.165, 1.54) is 6.21 Å². The average Bonchev–Trinajstić information content (AvgIpc) is 2.73. The van der Waals surface area contributed by atoms with Gasteiger partial charge in [-0.3, -0.25) is 4.79 Å². The summed E-state index contributed by atoms with van der Waals surface area (Å²) in [4.78, 5) is 16.9. The Kier molecular flexibility index (Phi) is 7.25. The Hall–Kier alpha value is -3.31. The number of carbonyl (C=O) groups is 1. The summed E-state index contributed by atoms with van der Waals surface area (Å²) in [7, 11) is 0. The number of carbonyl (C=O) groups excluding carboxylic acids is 1. The lowest BCUT2D eigenvalue weighted by molar-refractivity contribution is -0.120. The van der Waals surface area contributed by atoms with Crippen molar-refractivity contribution in [1.29, 1.82) is 0 Å². The van der Waals surface area contributed by atoms with Gasteiger partial charge in [0.15, 0.2) is 6.61 Å². The number of nitrogens with one attached hydrogen (secondary N) is 1. The summed E-state index contributed by atoms with van der Waals surface area (Å²) in [6.45, 7) is 2.22. The molecule has 0 aliphatic heterocycles. The summed E-state index contributed by atoms with van der Waals surface area (Å²) >= 11 is 6.12. The van der Waals surface area contributed by atoms with Crippen molar-refractivity contribution in [3.05, 3.63) is 94.5 Å². The van der Waals surface area contributed by atoms with Gasteiger partial charge in [0, 0.05) is 16.3 Å². The fourth-order valence-corrected chi connectivity index (χ4v) is 2.64. The highest BCUT2D eigenvalue weighted by molar-refractivity contribution is 6.31. The number of amides is 1. The maximum Gasteiger partial charge on any atom is 0.265 e. The van der Waals surface area contributed by atoms with Crippen LogP contribution in [0, 0.1) is 6.92 Å². The van der Waals surface area contributed by atoms with E-state index < -0.39 is 0 Å². The molecule has 148 valence electrons. The molecule has 5 nitrogen and oxygen atoms in total. The zero-order valence-electron chi connectivity index (χ0n) is 16.0. The van der Waals surface area contributed by atoms with Crippen LogP contribution in [0.5, 0.6) is 5.75 Å². The monoisotopic (exact) mass is 408 g/mol. The van der Waals surface area contributed by atoms with Crippen LogP contribution in [0.15, 0.2) is 78.0 Å². The summed E-state index contributed by atoms with van der Waals surface area (Å²) < 4.78 is 5.74. The molecule has 0 aliphatic rings. The smallest absolute Gasteiger partial charge is 0.265 e. The molecule has 29 heavy (non-hydrogen) atoms. The van der Waals surface area contributed by atoms with Gasteiger partial charge in [-0.05, 0) is 55.0 Å². The normalized spacial score (nSPS) is 10.7. The molecule has 0 unspecified atom stereocenters. The fourth-order valence-electron chi connectivity index (χ4n) is 2.45. The Morgan fingerprint density at radius 3 is 2.48 bits per heavy atom. The van der Waals surface area contributed by atoms with Crippen molar-refractivity contribution < 1.29 is 14.4 Å². The second-order valence-electron chi connectivity index (χ2n) is 6.37. The van der Waals surface area contributed by atoms with Crippen molar-refractivity contribution in [2.45, 2.75) is 13.5 Å². The zero-order chi connectivity index (χ0) is 20.5. The highest BCUT2D eigenvalue weighted by Gasteiger charge is 2.03. The Morgan fingerprint density at radius 2 is 1.76 bits per heavy atom. The van der Waals surface area contributed by atoms with E-state index in [1.807, 2.05) is 79.7 Å². The lowest BCUT2D eigenvalue weighted by Crippen LogP contribution is -2.16. The standard InChI is InChI=1S/C23H21ClN2O3/c1-17-6-10-20(11-7-17)26-23(27)16-29-25-14-18-8-12-21(13-9-18)28-15-19-4-2-3-5-22(19)24/h2-14H,15-16H2,1H3,(H,26,27)/b25-14+. The Labute approximate surface area is 174 Å². The van der Waals surface area contributed by atoms with Crippen LogP contribution in [0.4, 0.5) is 5.69 Å². The topological polar surface area (TPSA) is 59.9 Å². The molecule has 0 heterocycles. The lowest BCUT2D eigenvalue weighted by atomic mass is 10.2. The van der Waals surface area contributed by atoms with Crippen LogP contribution in [-0.4, -0.2) is 18.7 Å². The van der Waals surface area contributed by atoms with E-state index in [4.69, 9.17) is 21.2 Å². The number of hydrogen-bond donors (Lipinski definition) is 1. The summed E-state index contributed by atoms with van der Waals surface area (Å²) in [5.41, 5.74) is 3.61. The third-order valence-corrected chi connectivity index (χ3v) is 4.41. The molecule has 3 rings (SSSR count). The highest BCUT2D eigenvalue weighted by atomic mass is 35.5. The molecule has 1 N–H and O–H groups in total. The Bertz CT molecular complexity index is 970. The van der Waals surface area contributed by atoms with Crippen molar-refractivity contribution in [2.24, 2.45) is 5.16 Å². The molecule has 3 aromatic rings. The van der Waals surface area contributed by atoms with E-state index in [1.54, 1.807) is 0 Å². The van der Waals surface area contributed by atoms with E-state index in [9.17, 15) is 4.79 Å². The highest BCUT2D eigenvalue weighted by Crippen LogP contribution is 2.18. The van der Waals surface area contributed by atoms with Crippen LogP contribution >= 0.6 is 11.6 Å². The number of aryl methyl sites for hydroxylation is 1. The number of benzene rings is 3. The predicted molar refractivity (Wildman–Crippen MR) is 116 cm³/mol. The lowest BCUT2D eigenvalue weighted by Gasteiger charge is -2.07. The molecule has 0 fully saturated rings. The van der Waals surface area contributed by atoms with Gasteiger partial charge in [0.1, 0.15) is 12.4 Å². The van der Waals surface area contributed by atoms with Crippen LogP contribution in [0.3, 0.4) is 0 Å². The molecule has 0 radical (unpaired) electrons. The minimum absolute atomic E-state index is 0.163. The predicted octanol–water partition coefficient (Wildman–Crippen LogP) is 5.22. The van der Waals surface area contributed by atoms with Gasteiger partial charge < -0.3 is 14.9 Å². The van der Waals surface area contributed by atoms with Crippen LogP contribution in [0.25, 0.3) is 0 Å². The average molecular weight is 409 g/mol. The molecule has 0 aromatic heterocycles. The first-order chi connectivity index (χ1) is 14.1. The summed E-state index contributed by atoms with van der Waals surface area (Å²) in [5, 5.41) is 7.25. The second kappa shape index (κ2) is 10.3. The van der Waals surface area contributed by atoms with Crippen molar-refractivity contribution in [3.8, 4) is 5.75 Å². The Morgan fingerprint density at radius 1 is 1.03 bits per heavy atom. The quantitative estimate of drug-likeness (QED) is 0.410. The molecule has 3 aromatic carbocycles. The first kappa shape index (κ1) is 20.4. The van der Waals surface area contributed by atoms with Crippen LogP contribution in [0.1, 0.15) is 16.7 Å². The van der Waals surface area contributed by atoms with Gasteiger partial charge in [-0.2, -0.15) is 0 Å². The zero-order valence-corrected chi connectivity index (χ0v) is 16.7. The maximum absolute atomic E-state index is 11.8. The largest absolute Gasteiger partial charge is 0.489 e. The molecule has 0 aliphatic carbocycles. The fraction of sp³-hybridized carbons (Fsp3) is 0.130. The van der Waals surface area contributed by atoms with Gasteiger partial charge in [-0.25, -0.2) is 0 Å². The third kappa shape index (κ3) is 6.66. The van der Waals surface area contributed by atoms with Crippen molar-refractivity contribution >= 4 is 29.4 Å². The van der Waals surface area contributed by atoms with Gasteiger partial charge in [0.2, 0.25) is 0 Å². The van der Waals surface area contributed by atoms with Crippen molar-refractivity contribution in [1.82, 2.24) is 0 Å². The first-order valence-corrected chi connectivity index (χ1v) is 9.46.